The predicted octanol–water partition coefficient (Wildman–Crippen LogP) is 3.28. The van der Waals surface area contributed by atoms with Gasteiger partial charge in [0.1, 0.15) is 6.10 Å². The Balaban J connectivity index is 1.52. The van der Waals surface area contributed by atoms with Gasteiger partial charge in [-0.25, -0.2) is 9.97 Å². The molecule has 1 N–H and O–H groups in total. The van der Waals surface area contributed by atoms with E-state index in [0.717, 1.165) is 35.5 Å². The summed E-state index contributed by atoms with van der Waals surface area (Å²) in [5.41, 5.74) is 0. The van der Waals surface area contributed by atoms with Gasteiger partial charge in [0.05, 0.1) is 0 Å². The number of hydrogen-bond donors (Lipinski definition) is 1. The Morgan fingerprint density at radius 1 is 1.24 bits per heavy atom. The minimum atomic E-state index is 0.278. The molecule has 1 aromatic heterocycles. The van der Waals surface area contributed by atoms with Crippen molar-refractivity contribution in [1.29, 1.82) is 0 Å². The lowest BCUT2D eigenvalue weighted by atomic mass is 10.1. The van der Waals surface area contributed by atoms with Crippen LogP contribution in [0, 0.1) is 5.92 Å². The average molecular weight is 307 g/mol. The highest BCUT2D eigenvalue weighted by atomic mass is 32.2. The minimum absolute atomic E-state index is 0.278. The molecule has 3 rings (SSSR count). The molecule has 5 heteroatoms. The number of nitrogens with zero attached hydrogens (tertiary/aromatic N) is 2. The molecule has 0 amide bonds. The second-order valence-electron chi connectivity index (χ2n) is 6.08. The van der Waals surface area contributed by atoms with Crippen molar-refractivity contribution in [3.8, 4) is 5.88 Å². The lowest BCUT2D eigenvalue weighted by molar-refractivity contribution is 0.147. The standard InChI is InChI=1S/C16H25N3OS/c1-2-3-4-5-8-21-16-15(17-6-7-18-16)20-14-10-12-9-13(14)19-11-12/h6-7,12-14,19H,2-5,8-11H2,1H3. The summed E-state index contributed by atoms with van der Waals surface area (Å²) in [6.07, 6.45) is 11.3. The molecule has 2 fully saturated rings. The van der Waals surface area contributed by atoms with Crippen molar-refractivity contribution in [2.24, 2.45) is 5.92 Å². The number of fused-ring (bicyclic) bond motifs is 2. The molecule has 21 heavy (non-hydrogen) atoms. The second kappa shape index (κ2) is 7.45. The molecule has 1 aliphatic carbocycles. The van der Waals surface area contributed by atoms with Gasteiger partial charge in [-0.3, -0.25) is 0 Å². The first-order valence-electron chi connectivity index (χ1n) is 8.20. The molecule has 1 saturated heterocycles. The van der Waals surface area contributed by atoms with Crippen molar-refractivity contribution in [3.05, 3.63) is 12.4 Å². The average Bonchev–Trinajstić information content (AvgIpc) is 3.11. The minimum Gasteiger partial charge on any atom is -0.471 e. The molecule has 1 aliphatic heterocycles. The van der Waals surface area contributed by atoms with Crippen LogP contribution in [0.5, 0.6) is 5.88 Å². The van der Waals surface area contributed by atoms with E-state index in [1.165, 1.54) is 32.1 Å². The van der Waals surface area contributed by atoms with Crippen LogP contribution in [0.1, 0.15) is 45.4 Å². The lowest BCUT2D eigenvalue weighted by Crippen LogP contribution is -2.40. The number of ether oxygens (including phenoxy) is 1. The van der Waals surface area contributed by atoms with E-state index in [1.807, 2.05) is 0 Å². The summed E-state index contributed by atoms with van der Waals surface area (Å²) in [4.78, 5) is 8.86. The molecule has 0 radical (unpaired) electrons. The zero-order valence-corrected chi connectivity index (χ0v) is 13.6. The van der Waals surface area contributed by atoms with Gasteiger partial charge in [0, 0.05) is 18.4 Å². The summed E-state index contributed by atoms with van der Waals surface area (Å²) in [7, 11) is 0. The fourth-order valence-corrected chi connectivity index (χ4v) is 4.16. The Morgan fingerprint density at radius 2 is 2.14 bits per heavy atom. The molecule has 1 saturated carbocycles. The van der Waals surface area contributed by atoms with Gasteiger partial charge in [-0.1, -0.05) is 26.2 Å². The molecule has 3 atom stereocenters. The van der Waals surface area contributed by atoms with Crippen molar-refractivity contribution in [2.45, 2.75) is 62.6 Å². The van der Waals surface area contributed by atoms with Crippen LogP contribution in [0.3, 0.4) is 0 Å². The summed E-state index contributed by atoms with van der Waals surface area (Å²) in [5, 5.41) is 4.49. The quantitative estimate of drug-likeness (QED) is 0.590. The van der Waals surface area contributed by atoms with E-state index in [2.05, 4.69) is 22.2 Å². The normalized spacial score (nSPS) is 27.2. The van der Waals surface area contributed by atoms with Crippen molar-refractivity contribution >= 4 is 11.8 Å². The maximum atomic E-state index is 6.16. The Hall–Kier alpha value is -0.810. The smallest absolute Gasteiger partial charge is 0.247 e. The molecule has 0 spiro atoms. The van der Waals surface area contributed by atoms with Crippen LogP contribution in [0.2, 0.25) is 0 Å². The molecule has 0 aromatic carbocycles. The Kier molecular flexibility index (Phi) is 5.36. The van der Waals surface area contributed by atoms with Crippen LogP contribution in [-0.4, -0.2) is 34.4 Å². The van der Waals surface area contributed by atoms with Crippen molar-refractivity contribution in [1.82, 2.24) is 15.3 Å². The first kappa shape index (κ1) is 15.1. The third-order valence-corrected chi connectivity index (χ3v) is 5.45. The zero-order valence-electron chi connectivity index (χ0n) is 12.8. The van der Waals surface area contributed by atoms with E-state index in [4.69, 9.17) is 4.74 Å². The summed E-state index contributed by atoms with van der Waals surface area (Å²) in [6, 6.07) is 0.513. The summed E-state index contributed by atoms with van der Waals surface area (Å²) >= 11 is 1.78. The highest BCUT2D eigenvalue weighted by molar-refractivity contribution is 7.99. The number of unbranched alkanes of at least 4 members (excludes halogenated alkanes) is 3. The van der Waals surface area contributed by atoms with Crippen LogP contribution in [0.15, 0.2) is 17.4 Å². The van der Waals surface area contributed by atoms with Gasteiger partial charge in [-0.15, -0.1) is 11.8 Å². The first-order chi connectivity index (χ1) is 10.4. The molecule has 116 valence electrons. The molecular formula is C16H25N3OS. The van der Waals surface area contributed by atoms with Crippen LogP contribution in [0.25, 0.3) is 0 Å². The van der Waals surface area contributed by atoms with E-state index in [0.29, 0.717) is 6.04 Å². The number of aromatic nitrogens is 2. The fraction of sp³-hybridized carbons (Fsp3) is 0.750. The number of piperidine rings is 1. The molecule has 2 bridgehead atoms. The highest BCUT2D eigenvalue weighted by Gasteiger charge is 2.41. The third kappa shape index (κ3) is 3.89. The fourth-order valence-electron chi connectivity index (χ4n) is 3.26. The Labute approximate surface area is 131 Å². The van der Waals surface area contributed by atoms with Crippen LogP contribution < -0.4 is 10.1 Å². The molecule has 2 heterocycles. The van der Waals surface area contributed by atoms with E-state index in [9.17, 15) is 0 Å². The zero-order chi connectivity index (χ0) is 14.5. The number of nitrogens with one attached hydrogen (secondary N) is 1. The third-order valence-electron chi connectivity index (χ3n) is 4.40. The SMILES string of the molecule is CCCCCCSc1nccnc1OC1CC2CNC1C2. The molecular weight excluding hydrogens is 282 g/mol. The Morgan fingerprint density at radius 3 is 2.90 bits per heavy atom. The van der Waals surface area contributed by atoms with Crippen molar-refractivity contribution in [2.75, 3.05) is 12.3 Å². The van der Waals surface area contributed by atoms with Crippen LogP contribution in [-0.2, 0) is 0 Å². The van der Waals surface area contributed by atoms with Crippen molar-refractivity contribution in [3.63, 3.8) is 0 Å². The summed E-state index contributed by atoms with van der Waals surface area (Å²) in [6.45, 7) is 3.40. The maximum Gasteiger partial charge on any atom is 0.247 e. The second-order valence-corrected chi connectivity index (χ2v) is 7.17. The van der Waals surface area contributed by atoms with Gasteiger partial charge in [0.15, 0.2) is 5.03 Å². The Bertz CT molecular complexity index is 457. The molecule has 2 aliphatic rings. The lowest BCUT2D eigenvalue weighted by Gasteiger charge is -2.24. The van der Waals surface area contributed by atoms with Gasteiger partial charge >= 0.3 is 0 Å². The topological polar surface area (TPSA) is 47.0 Å². The van der Waals surface area contributed by atoms with E-state index < -0.39 is 0 Å². The summed E-state index contributed by atoms with van der Waals surface area (Å²) < 4.78 is 6.16. The van der Waals surface area contributed by atoms with Crippen LogP contribution >= 0.6 is 11.8 Å². The van der Waals surface area contributed by atoms with Gasteiger partial charge in [-0.2, -0.15) is 0 Å². The van der Waals surface area contributed by atoms with E-state index >= 15 is 0 Å². The van der Waals surface area contributed by atoms with Gasteiger partial charge in [-0.05, 0) is 37.5 Å². The van der Waals surface area contributed by atoms with Crippen molar-refractivity contribution < 1.29 is 4.74 Å². The molecule has 4 nitrogen and oxygen atoms in total. The number of rotatable bonds is 8. The van der Waals surface area contributed by atoms with E-state index in [-0.39, 0.29) is 6.10 Å². The predicted molar refractivity (Wildman–Crippen MR) is 85.8 cm³/mol. The highest BCUT2D eigenvalue weighted by Crippen LogP contribution is 2.35. The number of hydrogen-bond acceptors (Lipinski definition) is 5. The van der Waals surface area contributed by atoms with E-state index in [1.54, 1.807) is 24.2 Å². The number of thioether (sulfide) groups is 1. The monoisotopic (exact) mass is 307 g/mol. The largest absolute Gasteiger partial charge is 0.471 e. The first-order valence-corrected chi connectivity index (χ1v) is 9.19. The molecule has 3 unspecified atom stereocenters. The van der Waals surface area contributed by atoms with Gasteiger partial charge in [0.2, 0.25) is 5.88 Å². The van der Waals surface area contributed by atoms with Gasteiger partial charge < -0.3 is 10.1 Å². The maximum absolute atomic E-state index is 6.16. The van der Waals surface area contributed by atoms with Gasteiger partial charge in [0.25, 0.3) is 0 Å². The van der Waals surface area contributed by atoms with Crippen LogP contribution in [0.4, 0.5) is 0 Å². The molecule has 1 aromatic rings. The summed E-state index contributed by atoms with van der Waals surface area (Å²) in [5.74, 6) is 2.63.